The Morgan fingerprint density at radius 2 is 0.857 bits per heavy atom. The molecule has 0 spiro atoms. The fourth-order valence-corrected chi connectivity index (χ4v) is 2.29. The van der Waals surface area contributed by atoms with Gasteiger partial charge in [0.2, 0.25) is 0 Å². The van der Waals surface area contributed by atoms with Crippen molar-refractivity contribution < 1.29 is 16.8 Å². The normalized spacial score (nSPS) is 10.9. The number of rotatable bonds is 6. The molecule has 0 aromatic carbocycles. The van der Waals surface area contributed by atoms with Gasteiger partial charge in [0.15, 0.2) is 0 Å². The molecule has 0 saturated heterocycles. The van der Waals surface area contributed by atoms with Gasteiger partial charge in [-0.3, -0.25) is 0 Å². The van der Waals surface area contributed by atoms with Crippen LogP contribution in [0, 0.1) is 0 Å². The van der Waals surface area contributed by atoms with Crippen molar-refractivity contribution in [2.75, 3.05) is 0 Å². The molecular formula is C9H23AlO4. The average molecular weight is 222 g/mol. The van der Waals surface area contributed by atoms with Crippen molar-refractivity contribution in [3.8, 4) is 0 Å². The first-order valence-corrected chi connectivity index (χ1v) is 6.29. The summed E-state index contributed by atoms with van der Waals surface area (Å²) in [7, 11) is 0. The third kappa shape index (κ3) is 10.5. The number of hydrogen-bond acceptors (Lipinski definition) is 3. The van der Waals surface area contributed by atoms with Crippen LogP contribution < -0.4 is 0 Å². The molecule has 0 rings (SSSR count). The maximum atomic E-state index is 5.57. The van der Waals surface area contributed by atoms with E-state index in [1.165, 1.54) is 0 Å². The van der Waals surface area contributed by atoms with Gasteiger partial charge in [0.1, 0.15) is 0 Å². The molecule has 0 radical (unpaired) electrons. The predicted octanol–water partition coefficient (Wildman–Crippen LogP) is 1.42. The van der Waals surface area contributed by atoms with Gasteiger partial charge in [-0.1, -0.05) is 0 Å². The molecule has 86 valence electrons. The molecule has 0 saturated carbocycles. The molecular weight excluding hydrogens is 199 g/mol. The summed E-state index contributed by atoms with van der Waals surface area (Å²) in [6.07, 6.45) is 0.525. The lowest BCUT2D eigenvalue weighted by Crippen LogP contribution is -2.34. The van der Waals surface area contributed by atoms with Crippen molar-refractivity contribution in [3.63, 3.8) is 0 Å². The number of hydrogen-bond donors (Lipinski definition) is 0. The van der Waals surface area contributed by atoms with Gasteiger partial charge in [0.05, 0.1) is 0 Å². The Kier molecular flexibility index (Phi) is 10.4. The van der Waals surface area contributed by atoms with Gasteiger partial charge in [0, 0.05) is 18.3 Å². The standard InChI is InChI=1S/3C3H7O.Al.H2O/c3*1-3(2)4;;/h3*3H,1-2H3;;1H2/q3*-1;+3;. The van der Waals surface area contributed by atoms with Crippen LogP contribution in [0.15, 0.2) is 0 Å². The van der Waals surface area contributed by atoms with E-state index in [-0.39, 0.29) is 23.8 Å². The van der Waals surface area contributed by atoms with Crippen LogP contribution in [0.1, 0.15) is 41.5 Å². The van der Waals surface area contributed by atoms with Gasteiger partial charge in [-0.2, -0.15) is 0 Å². The summed E-state index contributed by atoms with van der Waals surface area (Å²) < 4.78 is 16.7. The van der Waals surface area contributed by atoms with E-state index in [1.54, 1.807) is 0 Å². The highest BCUT2D eigenvalue weighted by molar-refractivity contribution is 6.36. The largest absolute Gasteiger partial charge is 0.906 e. The van der Waals surface area contributed by atoms with E-state index in [1.807, 2.05) is 41.5 Å². The molecule has 0 heterocycles. The summed E-state index contributed by atoms with van der Waals surface area (Å²) in [5.74, 6) is 0. The molecule has 0 aromatic heterocycles. The van der Waals surface area contributed by atoms with Crippen molar-refractivity contribution >= 4 is 15.1 Å². The summed E-state index contributed by atoms with van der Waals surface area (Å²) >= 11 is -1.91. The third-order valence-electron chi connectivity index (χ3n) is 1.15. The molecule has 0 aromatic rings. The second kappa shape index (κ2) is 8.66. The first kappa shape index (κ1) is 16.8. The van der Waals surface area contributed by atoms with E-state index in [0.717, 1.165) is 0 Å². The minimum Gasteiger partial charge on any atom is -0.452 e. The topological polar surface area (TPSA) is 59.2 Å². The second-order valence-corrected chi connectivity index (χ2v) is 5.24. The van der Waals surface area contributed by atoms with Gasteiger partial charge in [-0.05, 0) is 41.5 Å². The van der Waals surface area contributed by atoms with Gasteiger partial charge in [-0.25, -0.2) is 0 Å². The van der Waals surface area contributed by atoms with Crippen LogP contribution in [-0.4, -0.2) is 38.9 Å². The first-order chi connectivity index (χ1) is 5.91. The molecule has 0 aliphatic rings. The molecule has 0 aliphatic carbocycles. The molecule has 5 heteroatoms. The Morgan fingerprint density at radius 3 is 1.00 bits per heavy atom. The molecule has 0 aliphatic heterocycles. The lowest BCUT2D eigenvalue weighted by molar-refractivity contribution is 0.0335. The van der Waals surface area contributed by atoms with Crippen LogP contribution in [0.4, 0.5) is 0 Å². The van der Waals surface area contributed by atoms with E-state index in [0.29, 0.717) is 0 Å². The van der Waals surface area contributed by atoms with Crippen LogP contribution in [0.5, 0.6) is 0 Å². The van der Waals surface area contributed by atoms with Crippen molar-refractivity contribution in [2.45, 2.75) is 59.9 Å². The summed E-state index contributed by atoms with van der Waals surface area (Å²) in [5.41, 5.74) is 0. The van der Waals surface area contributed by atoms with Crippen molar-refractivity contribution in [1.82, 2.24) is 0 Å². The molecule has 2 N–H and O–H groups in total. The Morgan fingerprint density at radius 1 is 0.643 bits per heavy atom. The van der Waals surface area contributed by atoms with Crippen LogP contribution in [0.3, 0.4) is 0 Å². The van der Waals surface area contributed by atoms with Crippen LogP contribution in [0.25, 0.3) is 0 Å². The molecule has 0 unspecified atom stereocenters. The molecule has 0 fully saturated rings. The Bertz CT molecular complexity index is 104. The summed E-state index contributed by atoms with van der Waals surface area (Å²) in [4.78, 5) is 0. The maximum absolute atomic E-state index is 5.57. The van der Waals surface area contributed by atoms with Gasteiger partial charge >= 0.3 is 15.1 Å². The van der Waals surface area contributed by atoms with Gasteiger partial charge < -0.3 is 16.8 Å². The zero-order valence-corrected chi connectivity index (χ0v) is 11.2. The van der Waals surface area contributed by atoms with E-state index >= 15 is 0 Å². The molecule has 0 atom stereocenters. The quantitative estimate of drug-likeness (QED) is 0.638. The van der Waals surface area contributed by atoms with Crippen LogP contribution in [-0.2, 0) is 11.4 Å². The minimum atomic E-state index is -1.91. The van der Waals surface area contributed by atoms with Crippen LogP contribution in [0.2, 0.25) is 0 Å². The monoisotopic (exact) mass is 222 g/mol. The predicted molar refractivity (Wildman–Crippen MR) is 58.0 cm³/mol. The van der Waals surface area contributed by atoms with Crippen LogP contribution >= 0.6 is 0 Å². The zero-order valence-electron chi connectivity index (χ0n) is 10.0. The van der Waals surface area contributed by atoms with Crippen molar-refractivity contribution in [1.29, 1.82) is 0 Å². The van der Waals surface area contributed by atoms with Crippen molar-refractivity contribution in [2.24, 2.45) is 0 Å². The van der Waals surface area contributed by atoms with Gasteiger partial charge in [0.25, 0.3) is 0 Å². The first-order valence-electron chi connectivity index (χ1n) is 4.88. The lowest BCUT2D eigenvalue weighted by atomic mass is 10.5. The lowest BCUT2D eigenvalue weighted by Gasteiger charge is -2.19. The highest BCUT2D eigenvalue weighted by Gasteiger charge is 2.34. The highest BCUT2D eigenvalue weighted by Crippen LogP contribution is 2.04. The van der Waals surface area contributed by atoms with Crippen molar-refractivity contribution in [3.05, 3.63) is 0 Å². The maximum Gasteiger partial charge on any atom is 0.906 e. The smallest absolute Gasteiger partial charge is 0.452 e. The van der Waals surface area contributed by atoms with E-state index < -0.39 is 15.1 Å². The second-order valence-electron chi connectivity index (χ2n) is 3.84. The average Bonchev–Trinajstić information content (AvgIpc) is 1.80. The highest BCUT2D eigenvalue weighted by atomic mass is 27.3. The molecule has 0 bridgehead atoms. The van der Waals surface area contributed by atoms with E-state index in [2.05, 4.69) is 0 Å². The SMILES string of the molecule is CC(C)[O][Al]([O]C(C)C)[O]C(C)C.O. The fourth-order valence-electron chi connectivity index (χ4n) is 0.763. The Hall–Kier alpha value is 0.372. The summed E-state index contributed by atoms with van der Waals surface area (Å²) in [5, 5.41) is 0. The molecule has 4 nitrogen and oxygen atoms in total. The summed E-state index contributed by atoms with van der Waals surface area (Å²) in [6.45, 7) is 12.0. The zero-order chi connectivity index (χ0) is 10.4. The summed E-state index contributed by atoms with van der Waals surface area (Å²) in [6, 6.07) is 0. The van der Waals surface area contributed by atoms with E-state index in [9.17, 15) is 0 Å². The molecule has 0 amide bonds. The Labute approximate surface area is 92.2 Å². The van der Waals surface area contributed by atoms with E-state index in [4.69, 9.17) is 11.4 Å². The molecule has 14 heavy (non-hydrogen) atoms. The minimum absolute atomic E-state index is 0. The Balaban J connectivity index is 0. The fraction of sp³-hybridized carbons (Fsp3) is 1.00. The third-order valence-corrected chi connectivity index (χ3v) is 3.45. The van der Waals surface area contributed by atoms with Gasteiger partial charge in [-0.15, -0.1) is 0 Å².